The van der Waals surface area contributed by atoms with E-state index in [1.54, 1.807) is 25.3 Å². The van der Waals surface area contributed by atoms with E-state index >= 15 is 0 Å². The number of nitrogens with two attached hydrogens (primary N) is 1. The molecule has 1 unspecified atom stereocenters. The first kappa shape index (κ1) is 10.5. The molecule has 0 saturated heterocycles. The fraction of sp³-hybridized carbons (Fsp3) is 0.455. The maximum Gasteiger partial charge on any atom is 0.272 e. The Morgan fingerprint density at radius 3 is 2.67 bits per heavy atom. The van der Waals surface area contributed by atoms with Crippen molar-refractivity contribution in [1.29, 1.82) is 0 Å². The van der Waals surface area contributed by atoms with Crippen LogP contribution in [0.5, 0.6) is 0 Å². The Hall–Kier alpha value is -1.00. The molecular weight excluding hydrogens is 200 g/mol. The number of ether oxygens (including phenoxy) is 1. The minimum Gasteiger partial charge on any atom is -0.380 e. The van der Waals surface area contributed by atoms with Crippen LogP contribution < -0.4 is 5.73 Å². The van der Waals surface area contributed by atoms with Crippen molar-refractivity contribution in [3.05, 3.63) is 35.4 Å². The van der Waals surface area contributed by atoms with E-state index in [-0.39, 0.29) is 6.42 Å². The summed E-state index contributed by atoms with van der Waals surface area (Å²) in [6.45, 7) is 0.412. The van der Waals surface area contributed by atoms with Gasteiger partial charge < -0.3 is 10.5 Å². The zero-order valence-electron chi connectivity index (χ0n) is 8.47. The molecule has 2 rings (SSSR count). The average Bonchev–Trinajstić information content (AvgIpc) is 2.69. The van der Waals surface area contributed by atoms with Crippen LogP contribution >= 0.6 is 0 Å². The second-order valence-corrected chi connectivity index (χ2v) is 3.99. The molecule has 0 amide bonds. The first-order chi connectivity index (χ1) is 6.99. The van der Waals surface area contributed by atoms with Crippen LogP contribution in [0, 0.1) is 0 Å². The highest BCUT2D eigenvalue weighted by Crippen LogP contribution is 2.57. The van der Waals surface area contributed by atoms with Gasteiger partial charge in [-0.2, -0.15) is 0 Å². The molecule has 1 atom stereocenters. The van der Waals surface area contributed by atoms with Crippen LogP contribution in [0.15, 0.2) is 24.3 Å². The van der Waals surface area contributed by atoms with E-state index in [4.69, 9.17) is 10.5 Å². The molecule has 0 radical (unpaired) electrons. The molecule has 1 aliphatic carbocycles. The minimum absolute atomic E-state index is 0.267. The van der Waals surface area contributed by atoms with E-state index in [1.165, 1.54) is 0 Å². The van der Waals surface area contributed by atoms with E-state index < -0.39 is 11.5 Å². The van der Waals surface area contributed by atoms with Crippen molar-refractivity contribution in [3.63, 3.8) is 0 Å². The Morgan fingerprint density at radius 1 is 1.47 bits per heavy atom. The van der Waals surface area contributed by atoms with Crippen LogP contribution in [-0.2, 0) is 16.9 Å². The van der Waals surface area contributed by atoms with Gasteiger partial charge in [-0.05, 0) is 11.1 Å². The molecule has 1 aliphatic rings. The van der Waals surface area contributed by atoms with Crippen molar-refractivity contribution in [2.75, 3.05) is 7.11 Å². The van der Waals surface area contributed by atoms with Crippen LogP contribution in [-0.4, -0.2) is 13.0 Å². The van der Waals surface area contributed by atoms with Gasteiger partial charge in [0.2, 0.25) is 0 Å². The van der Waals surface area contributed by atoms with Gasteiger partial charge >= 0.3 is 0 Å². The zero-order valence-corrected chi connectivity index (χ0v) is 8.47. The van der Waals surface area contributed by atoms with Crippen molar-refractivity contribution < 1.29 is 13.5 Å². The lowest BCUT2D eigenvalue weighted by molar-refractivity contribution is 0.0890. The molecule has 0 spiro atoms. The SMILES string of the molecule is COCc1cccc(C2(N)CC2(F)F)c1. The van der Waals surface area contributed by atoms with E-state index in [0.29, 0.717) is 12.2 Å². The molecule has 1 aromatic carbocycles. The van der Waals surface area contributed by atoms with E-state index in [0.717, 1.165) is 5.56 Å². The Bertz CT molecular complexity index is 381. The smallest absolute Gasteiger partial charge is 0.272 e. The van der Waals surface area contributed by atoms with Gasteiger partial charge in [-0.25, -0.2) is 8.78 Å². The van der Waals surface area contributed by atoms with Crippen LogP contribution in [0.2, 0.25) is 0 Å². The Morgan fingerprint density at radius 2 is 2.13 bits per heavy atom. The molecule has 1 fully saturated rings. The lowest BCUT2D eigenvalue weighted by atomic mass is 10.0. The largest absolute Gasteiger partial charge is 0.380 e. The van der Waals surface area contributed by atoms with E-state index in [9.17, 15) is 8.78 Å². The van der Waals surface area contributed by atoms with Gasteiger partial charge in [-0.1, -0.05) is 24.3 Å². The van der Waals surface area contributed by atoms with Gasteiger partial charge in [0.25, 0.3) is 5.92 Å². The molecule has 1 saturated carbocycles. The zero-order chi connectivity index (χ0) is 11.1. The van der Waals surface area contributed by atoms with Gasteiger partial charge in [0.15, 0.2) is 0 Å². The Labute approximate surface area is 87.0 Å². The van der Waals surface area contributed by atoms with Crippen LogP contribution in [0.25, 0.3) is 0 Å². The summed E-state index contributed by atoms with van der Waals surface area (Å²) in [6, 6.07) is 6.88. The van der Waals surface area contributed by atoms with Crippen LogP contribution in [0.1, 0.15) is 17.5 Å². The molecule has 15 heavy (non-hydrogen) atoms. The van der Waals surface area contributed by atoms with Crippen molar-refractivity contribution in [2.45, 2.75) is 24.5 Å². The van der Waals surface area contributed by atoms with E-state index in [1.807, 2.05) is 6.07 Å². The molecule has 2 N–H and O–H groups in total. The lowest BCUT2D eigenvalue weighted by Gasteiger charge is -2.12. The predicted molar refractivity (Wildman–Crippen MR) is 52.6 cm³/mol. The standard InChI is InChI=1S/C11H13F2NO/c1-15-6-8-3-2-4-9(5-8)10(14)7-11(10,12)13/h2-5H,6-7,14H2,1H3. The molecule has 0 aromatic heterocycles. The number of rotatable bonds is 3. The van der Waals surface area contributed by atoms with Crippen LogP contribution in [0.4, 0.5) is 8.78 Å². The maximum absolute atomic E-state index is 13.0. The third kappa shape index (κ3) is 1.64. The normalized spacial score (nSPS) is 27.7. The third-order valence-electron chi connectivity index (χ3n) is 2.78. The molecule has 2 nitrogen and oxygen atoms in total. The van der Waals surface area contributed by atoms with Gasteiger partial charge in [0.05, 0.1) is 6.61 Å². The predicted octanol–water partition coefficient (Wildman–Crippen LogP) is 2.03. The highest BCUT2D eigenvalue weighted by Gasteiger charge is 2.69. The summed E-state index contributed by atoms with van der Waals surface area (Å²) in [5, 5.41) is 0. The Kier molecular flexibility index (Phi) is 2.28. The molecule has 4 heteroatoms. The number of benzene rings is 1. The number of methoxy groups -OCH3 is 1. The van der Waals surface area contributed by atoms with Crippen molar-refractivity contribution in [3.8, 4) is 0 Å². The highest BCUT2D eigenvalue weighted by atomic mass is 19.3. The summed E-state index contributed by atoms with van der Waals surface area (Å²) in [4.78, 5) is 0. The molecule has 0 bridgehead atoms. The van der Waals surface area contributed by atoms with Crippen LogP contribution in [0.3, 0.4) is 0 Å². The fourth-order valence-corrected chi connectivity index (χ4v) is 1.72. The lowest BCUT2D eigenvalue weighted by Crippen LogP contribution is -2.27. The molecule has 82 valence electrons. The summed E-state index contributed by atoms with van der Waals surface area (Å²) in [6.07, 6.45) is -0.267. The molecule has 0 aliphatic heterocycles. The van der Waals surface area contributed by atoms with Gasteiger partial charge in [-0.3, -0.25) is 0 Å². The Balaban J connectivity index is 2.27. The summed E-state index contributed by atoms with van der Waals surface area (Å²) in [7, 11) is 1.57. The van der Waals surface area contributed by atoms with Gasteiger partial charge in [0.1, 0.15) is 5.54 Å². The van der Waals surface area contributed by atoms with E-state index in [2.05, 4.69) is 0 Å². The van der Waals surface area contributed by atoms with Crippen molar-refractivity contribution >= 4 is 0 Å². The maximum atomic E-state index is 13.0. The molecular formula is C11H13F2NO. The number of hydrogen-bond donors (Lipinski definition) is 1. The monoisotopic (exact) mass is 213 g/mol. The molecule has 0 heterocycles. The second-order valence-electron chi connectivity index (χ2n) is 3.99. The highest BCUT2D eigenvalue weighted by molar-refractivity contribution is 5.38. The summed E-state index contributed by atoms with van der Waals surface area (Å²) in [5.74, 6) is -2.77. The number of alkyl halides is 2. The third-order valence-corrected chi connectivity index (χ3v) is 2.78. The van der Waals surface area contributed by atoms with Gasteiger partial charge in [0, 0.05) is 13.5 Å². The quantitative estimate of drug-likeness (QED) is 0.833. The minimum atomic E-state index is -2.77. The summed E-state index contributed by atoms with van der Waals surface area (Å²) < 4.78 is 31.0. The van der Waals surface area contributed by atoms with Crippen molar-refractivity contribution in [1.82, 2.24) is 0 Å². The number of halogens is 2. The summed E-state index contributed by atoms with van der Waals surface area (Å²) in [5.41, 5.74) is 5.51. The second kappa shape index (κ2) is 3.25. The first-order valence-electron chi connectivity index (χ1n) is 4.75. The first-order valence-corrected chi connectivity index (χ1v) is 4.75. The van der Waals surface area contributed by atoms with Crippen molar-refractivity contribution in [2.24, 2.45) is 5.73 Å². The number of hydrogen-bond acceptors (Lipinski definition) is 2. The molecule has 1 aromatic rings. The fourth-order valence-electron chi connectivity index (χ4n) is 1.72. The average molecular weight is 213 g/mol. The van der Waals surface area contributed by atoms with Gasteiger partial charge in [-0.15, -0.1) is 0 Å². The topological polar surface area (TPSA) is 35.2 Å². The summed E-state index contributed by atoms with van der Waals surface area (Å²) >= 11 is 0.